The average Bonchev–Trinajstić information content (AvgIpc) is 3.44. The number of fused-ring (bicyclic) bond motifs is 1. The number of aromatic nitrogens is 4. The second-order valence-electron chi connectivity index (χ2n) is 10.2. The molecular weight excluding hydrogens is 601 g/mol. The van der Waals surface area contributed by atoms with Crippen LogP contribution in [0.25, 0.3) is 11.2 Å². The fourth-order valence-electron chi connectivity index (χ4n) is 4.27. The maximum absolute atomic E-state index is 11.6. The number of nitrogens with zero attached hydrogens (tertiary/aromatic N) is 4. The third-order valence-corrected chi connectivity index (χ3v) is 8.09. The Morgan fingerprint density at radius 2 is 2.00 bits per heavy atom. The number of ether oxygens (including phenoxy) is 3. The summed E-state index contributed by atoms with van der Waals surface area (Å²) in [5.74, 6) is -1.91. The molecule has 1 fully saturated rings. The van der Waals surface area contributed by atoms with Gasteiger partial charge in [-0.15, -0.1) is 6.58 Å². The number of anilines is 2. The van der Waals surface area contributed by atoms with Crippen molar-refractivity contribution in [3.05, 3.63) is 61.0 Å². The van der Waals surface area contributed by atoms with Gasteiger partial charge in [-0.1, -0.05) is 24.3 Å². The van der Waals surface area contributed by atoms with E-state index in [2.05, 4.69) is 31.9 Å². The van der Waals surface area contributed by atoms with E-state index in [0.29, 0.717) is 12.3 Å². The largest absolute Gasteiger partial charge is 0.461 e. The zero-order valence-corrected chi connectivity index (χ0v) is 25.7. The van der Waals surface area contributed by atoms with E-state index in [4.69, 9.17) is 36.3 Å². The van der Waals surface area contributed by atoms with Gasteiger partial charge in [0.15, 0.2) is 22.6 Å². The first-order valence-electron chi connectivity index (χ1n) is 13.2. The third-order valence-electron chi connectivity index (χ3n) is 6.38. The number of para-hydroxylation sites is 1. The van der Waals surface area contributed by atoms with Gasteiger partial charge in [-0.05, 0) is 51.6 Å². The molecule has 8 N–H and O–H groups in total. The summed E-state index contributed by atoms with van der Waals surface area (Å²) in [6, 6.07) is 8.89. The first kappa shape index (κ1) is 32.6. The van der Waals surface area contributed by atoms with E-state index < -0.39 is 37.0 Å². The van der Waals surface area contributed by atoms with E-state index in [1.165, 1.54) is 6.92 Å². The molecule has 43 heavy (non-hydrogen) atoms. The Kier molecular flexibility index (Phi) is 9.63. The molecule has 3 heterocycles. The minimum atomic E-state index is -3.80. The maximum atomic E-state index is 11.6. The Hall–Kier alpha value is -3.34. The second kappa shape index (κ2) is 12.7. The average molecular weight is 638 g/mol. The van der Waals surface area contributed by atoms with Crippen LogP contribution >= 0.6 is 6.64 Å². The topological polar surface area (TPSA) is 212 Å². The monoisotopic (exact) mass is 637 g/mol. The fraction of sp³-hybridized carbons (Fsp3) is 0.423. The summed E-state index contributed by atoms with van der Waals surface area (Å²) in [5.41, 5.74) is 4.04. The Balaban J connectivity index is 1.54. The van der Waals surface area contributed by atoms with Crippen LogP contribution in [-0.4, -0.2) is 76.8 Å². The molecule has 1 aliphatic heterocycles. The van der Waals surface area contributed by atoms with Gasteiger partial charge in [0, 0.05) is 6.54 Å². The number of nitrogen functional groups attached to an aromatic ring is 1. The van der Waals surface area contributed by atoms with Crippen LogP contribution in [0.2, 0.25) is 0 Å². The molecule has 3 aromatic rings. The Bertz CT molecular complexity index is 1540. The molecule has 0 spiro atoms. The van der Waals surface area contributed by atoms with Crippen molar-refractivity contribution in [3.8, 4) is 5.75 Å². The van der Waals surface area contributed by atoms with Crippen molar-refractivity contribution in [1.82, 2.24) is 24.6 Å². The first-order chi connectivity index (χ1) is 20.2. The smallest absolute Gasteiger partial charge is 0.305 e. The summed E-state index contributed by atoms with van der Waals surface area (Å²) in [7, 11) is 0. The van der Waals surface area contributed by atoms with Gasteiger partial charge in [0.1, 0.15) is 24.3 Å². The molecule has 1 aliphatic rings. The number of rotatable bonds is 13. The molecule has 5 atom stereocenters. The van der Waals surface area contributed by atoms with Gasteiger partial charge in [0.2, 0.25) is 5.95 Å². The molecule has 17 heteroatoms. The van der Waals surface area contributed by atoms with Crippen LogP contribution in [0.5, 0.6) is 5.75 Å². The molecule has 1 aromatic carbocycles. The van der Waals surface area contributed by atoms with Gasteiger partial charge in [0.25, 0.3) is 12.6 Å². The molecule has 1 saturated heterocycles. The molecule has 0 bridgehead atoms. The third kappa shape index (κ3) is 6.92. The molecule has 15 nitrogen and oxygen atoms in total. The number of allylic oxidation sites excluding steroid dienone is 1. The fourth-order valence-corrected chi connectivity index (χ4v) is 5.79. The predicted molar refractivity (Wildman–Crippen MR) is 162 cm³/mol. The van der Waals surface area contributed by atoms with Crippen molar-refractivity contribution < 1.29 is 38.9 Å². The van der Waals surface area contributed by atoms with Crippen LogP contribution in [0.1, 0.15) is 27.7 Å². The molecule has 0 amide bonds. The Morgan fingerprint density at radius 1 is 1.30 bits per heavy atom. The number of nitrogens with two attached hydrogens (primary N) is 1. The van der Waals surface area contributed by atoms with Crippen LogP contribution in [0.15, 0.2) is 61.0 Å². The second-order valence-corrected chi connectivity index (χ2v) is 13.2. The van der Waals surface area contributed by atoms with Crippen molar-refractivity contribution in [3.63, 3.8) is 0 Å². The van der Waals surface area contributed by atoms with Crippen LogP contribution < -0.4 is 20.9 Å². The Morgan fingerprint density at radius 3 is 2.65 bits per heavy atom. The van der Waals surface area contributed by atoms with Crippen molar-refractivity contribution >= 4 is 41.4 Å². The lowest BCUT2D eigenvalue weighted by molar-refractivity contribution is -0.317. The molecule has 0 saturated carbocycles. The normalized spacial score (nSPS) is 25.7. The number of hydrogen-bond acceptors (Lipinski definition) is 13. The van der Waals surface area contributed by atoms with Crippen molar-refractivity contribution in [1.29, 1.82) is 0 Å². The highest BCUT2D eigenvalue weighted by molar-refractivity contribution is 8.08. The van der Waals surface area contributed by atoms with Crippen molar-refractivity contribution in [2.45, 2.75) is 57.5 Å². The summed E-state index contributed by atoms with van der Waals surface area (Å²) < 4.78 is 23.9. The van der Waals surface area contributed by atoms with Gasteiger partial charge in [-0.2, -0.15) is 9.97 Å². The van der Waals surface area contributed by atoms with Gasteiger partial charge in [-0.3, -0.25) is 4.57 Å². The van der Waals surface area contributed by atoms with Crippen molar-refractivity contribution in [2.75, 3.05) is 24.2 Å². The zero-order valence-electron chi connectivity index (χ0n) is 24.0. The van der Waals surface area contributed by atoms with E-state index in [1.807, 2.05) is 19.9 Å². The highest BCUT2D eigenvalue weighted by atomic mass is 32.5. The van der Waals surface area contributed by atoms with Gasteiger partial charge >= 0.3 is 5.95 Å². The van der Waals surface area contributed by atoms with E-state index in [0.717, 1.165) is 10.9 Å². The van der Waals surface area contributed by atoms with Crippen LogP contribution in [0, 0.1) is 0 Å². The summed E-state index contributed by atoms with van der Waals surface area (Å²) in [6.07, 6.45) is -0.562. The number of nitrogens with one attached hydrogen (secondary N) is 2. The lowest BCUT2D eigenvalue weighted by Gasteiger charge is -2.35. The molecule has 2 aromatic heterocycles. The number of benzene rings is 1. The number of aliphatic hydroxyl groups is 3. The molecule has 1 unspecified atom stereocenters. The standard InChI is InChI=1S/C26H36N7O8PS/c1-6-12-28-21-19-22(31-24(27)30-21)33(14-29-19)26(36)25(5,35)20(34)18(41-26)13-38-42(37,43)32-16(4)23(39-15(2)3)40-17-10-8-7-9-11-17/h6-11,14-15,18,20,34-36H,1,12-13H2,2-5H3,(H2,32,37,43)(H3,27,28,30,31)/t18-,20-,25-,26+,42?/m1/s1. The molecule has 4 rings (SSSR count). The summed E-state index contributed by atoms with van der Waals surface area (Å²) in [6.45, 7) is 6.03. The van der Waals surface area contributed by atoms with Crippen LogP contribution in [0.4, 0.5) is 11.8 Å². The highest BCUT2D eigenvalue weighted by Gasteiger charge is 2.64. The van der Waals surface area contributed by atoms with E-state index >= 15 is 0 Å². The van der Waals surface area contributed by atoms with E-state index in [9.17, 15) is 20.2 Å². The number of hydrogen-bond donors (Lipinski definition) is 7. The predicted octanol–water partition coefficient (Wildman–Crippen LogP) is 1.64. The summed E-state index contributed by atoms with van der Waals surface area (Å²) in [4.78, 5) is 23.4. The summed E-state index contributed by atoms with van der Waals surface area (Å²) in [5, 5.41) is 39.5. The van der Waals surface area contributed by atoms with Gasteiger partial charge < -0.3 is 55.1 Å². The highest BCUT2D eigenvalue weighted by Crippen LogP contribution is 2.46. The Labute approximate surface area is 253 Å². The minimum absolute atomic E-state index is 0.0152. The van der Waals surface area contributed by atoms with E-state index in [-0.39, 0.29) is 40.7 Å². The lowest BCUT2D eigenvalue weighted by atomic mass is 9.94. The van der Waals surface area contributed by atoms with Crippen LogP contribution in [0.3, 0.4) is 0 Å². The molecular formula is C26H36N7O8PS. The first-order valence-corrected chi connectivity index (χ1v) is 15.9. The zero-order chi connectivity index (χ0) is 31.6. The molecule has 234 valence electrons. The van der Waals surface area contributed by atoms with E-state index in [1.54, 1.807) is 37.3 Å². The SMILES string of the molecule is C=CCNc1nc(N)nc2c1ncn2[C@@]1(O)O[C@H](COP(O)(=S)NC(C)=C(Oc2ccccc2)OC(C)C)[C@@H](O)[C@@]1(C)O. The van der Waals surface area contributed by atoms with Gasteiger partial charge in [0.05, 0.1) is 18.4 Å². The molecule has 0 aliphatic carbocycles. The maximum Gasteiger partial charge on any atom is 0.305 e. The quantitative estimate of drug-likeness (QED) is 0.0806. The summed E-state index contributed by atoms with van der Waals surface area (Å²) >= 11 is 5.28. The lowest BCUT2D eigenvalue weighted by Crippen LogP contribution is -2.55. The van der Waals surface area contributed by atoms with Crippen LogP contribution in [-0.2, 0) is 31.7 Å². The molecule has 0 radical (unpaired) electrons. The van der Waals surface area contributed by atoms with Gasteiger partial charge in [-0.25, -0.2) is 4.98 Å². The number of aliphatic hydroxyl groups excluding tert-OH is 1. The minimum Gasteiger partial charge on any atom is -0.461 e. The number of imidazole rings is 1. The van der Waals surface area contributed by atoms with Crippen molar-refractivity contribution in [2.24, 2.45) is 0 Å².